The number of unbranched alkanes of at least 4 members (excludes halogenated alkanes) is 64. The summed E-state index contributed by atoms with van der Waals surface area (Å²) in [5.74, 6) is -0.176. The molecule has 0 spiro atoms. The highest BCUT2D eigenvalue weighted by atomic mass is 16.7. The fraction of sp³-hybridized carbons (Fsp3) is 0.940. The molecule has 1 aliphatic heterocycles. The van der Waals surface area contributed by atoms with Crippen LogP contribution < -0.4 is 5.32 Å². The average Bonchev–Trinajstić information content (AvgIpc) is 0.944. The van der Waals surface area contributed by atoms with E-state index < -0.39 is 49.5 Å². The van der Waals surface area contributed by atoms with Gasteiger partial charge >= 0.3 is 0 Å². The van der Waals surface area contributed by atoms with Crippen LogP contribution in [0.3, 0.4) is 0 Å². The number of nitrogens with one attached hydrogen (secondary N) is 1. The summed E-state index contributed by atoms with van der Waals surface area (Å²) in [6.45, 7) is 3.84. The summed E-state index contributed by atoms with van der Waals surface area (Å²) in [7, 11) is 0. The first-order valence-electron chi connectivity index (χ1n) is 42.1. The smallest absolute Gasteiger partial charge is 0.220 e. The van der Waals surface area contributed by atoms with Crippen LogP contribution in [-0.2, 0) is 14.3 Å². The lowest BCUT2D eigenvalue weighted by Gasteiger charge is -2.40. The van der Waals surface area contributed by atoms with Gasteiger partial charge in [-0.15, -0.1) is 0 Å². The molecule has 1 rings (SSSR count). The number of carbonyl (C=O) groups excluding carboxylic acids is 1. The van der Waals surface area contributed by atoms with Crippen LogP contribution in [0.2, 0.25) is 0 Å². The maximum atomic E-state index is 13.2. The van der Waals surface area contributed by atoms with Gasteiger partial charge in [-0.05, 0) is 32.1 Å². The Morgan fingerprint density at radius 3 is 0.903 bits per heavy atom. The van der Waals surface area contributed by atoms with Gasteiger partial charge in [-0.3, -0.25) is 4.79 Å². The van der Waals surface area contributed by atoms with Gasteiger partial charge in [-0.1, -0.05) is 436 Å². The molecule has 0 aromatic heterocycles. The largest absolute Gasteiger partial charge is 0.394 e. The Hall–Kier alpha value is -1.33. The van der Waals surface area contributed by atoms with E-state index in [2.05, 4.69) is 31.3 Å². The number of rotatable bonds is 76. The molecule has 93 heavy (non-hydrogen) atoms. The lowest BCUT2D eigenvalue weighted by Crippen LogP contribution is -2.60. The first-order chi connectivity index (χ1) is 45.8. The molecule has 7 atom stereocenters. The van der Waals surface area contributed by atoms with Gasteiger partial charge in [0, 0.05) is 6.42 Å². The molecule has 1 amide bonds. The molecule has 6 N–H and O–H groups in total. The second-order valence-corrected chi connectivity index (χ2v) is 29.6. The van der Waals surface area contributed by atoms with Crippen molar-refractivity contribution in [2.75, 3.05) is 13.2 Å². The van der Waals surface area contributed by atoms with Crippen molar-refractivity contribution in [2.24, 2.45) is 0 Å². The van der Waals surface area contributed by atoms with Gasteiger partial charge in [0.2, 0.25) is 5.91 Å². The molecule has 1 heterocycles. The number of allylic oxidation sites excluding steroid dienone is 3. The van der Waals surface area contributed by atoms with Gasteiger partial charge in [0.1, 0.15) is 24.4 Å². The molecule has 7 unspecified atom stereocenters. The normalized spacial score (nSPS) is 17.6. The second-order valence-electron chi connectivity index (χ2n) is 29.6. The van der Waals surface area contributed by atoms with Crippen molar-refractivity contribution < 1.29 is 39.8 Å². The highest BCUT2D eigenvalue weighted by Gasteiger charge is 2.44. The Balaban J connectivity index is 2.04. The van der Waals surface area contributed by atoms with E-state index in [0.29, 0.717) is 6.42 Å². The molecule has 0 aliphatic carbocycles. The Labute approximate surface area is 579 Å². The van der Waals surface area contributed by atoms with Crippen LogP contribution in [0.25, 0.3) is 0 Å². The topological polar surface area (TPSA) is 149 Å². The summed E-state index contributed by atoms with van der Waals surface area (Å²) in [6.07, 6.45) is 92.2. The Morgan fingerprint density at radius 2 is 0.613 bits per heavy atom. The van der Waals surface area contributed by atoms with E-state index in [9.17, 15) is 30.3 Å². The molecule has 1 aliphatic rings. The fourth-order valence-corrected chi connectivity index (χ4v) is 14.0. The molecule has 9 nitrogen and oxygen atoms in total. The van der Waals surface area contributed by atoms with Crippen LogP contribution in [0.15, 0.2) is 24.3 Å². The van der Waals surface area contributed by atoms with Gasteiger partial charge < -0.3 is 40.3 Å². The third-order valence-electron chi connectivity index (χ3n) is 20.5. The van der Waals surface area contributed by atoms with E-state index >= 15 is 0 Å². The first-order valence-corrected chi connectivity index (χ1v) is 42.1. The summed E-state index contributed by atoms with van der Waals surface area (Å²) in [5.41, 5.74) is 0. The van der Waals surface area contributed by atoms with Crippen molar-refractivity contribution in [1.29, 1.82) is 0 Å². The number of carbonyl (C=O) groups is 1. The van der Waals surface area contributed by atoms with Crippen molar-refractivity contribution in [3.8, 4) is 0 Å². The third kappa shape index (κ3) is 61.5. The van der Waals surface area contributed by atoms with E-state index in [0.717, 1.165) is 38.5 Å². The van der Waals surface area contributed by atoms with Crippen molar-refractivity contribution in [1.82, 2.24) is 5.32 Å². The zero-order valence-electron chi connectivity index (χ0n) is 62.3. The van der Waals surface area contributed by atoms with Crippen LogP contribution in [0, 0.1) is 0 Å². The maximum Gasteiger partial charge on any atom is 0.220 e. The first kappa shape index (κ1) is 89.7. The monoisotopic (exact) mass is 1310 g/mol. The standard InChI is InChI=1S/C84H163NO8/c1-3-5-7-9-11-13-15-17-19-21-23-25-27-29-31-33-35-36-37-38-39-40-41-42-43-44-46-48-50-52-54-56-58-60-62-64-66-68-70-72-74-80(88)85-77(76-92-84-83(91)82(90)81(89)79(75-86)93-84)78(87)73-71-69-67-65-63-61-59-57-55-53-51-49-47-45-34-32-30-28-26-24-22-20-18-16-14-12-10-8-6-4-2/h63,65,71,73,77-79,81-84,86-87,89-91H,3-62,64,66-70,72,74-76H2,1-2H3,(H,85,88)/b65-63+,73-71+. The second kappa shape index (κ2) is 73.4. The Bertz CT molecular complexity index is 1530. The van der Waals surface area contributed by atoms with Crippen LogP contribution in [0.5, 0.6) is 0 Å². The zero-order valence-corrected chi connectivity index (χ0v) is 62.3. The summed E-state index contributed by atoms with van der Waals surface area (Å²) < 4.78 is 11.3. The van der Waals surface area contributed by atoms with Gasteiger partial charge in [0.25, 0.3) is 0 Å². The van der Waals surface area contributed by atoms with Gasteiger partial charge in [-0.25, -0.2) is 0 Å². The number of hydrogen-bond donors (Lipinski definition) is 6. The van der Waals surface area contributed by atoms with Crippen molar-refractivity contribution >= 4 is 5.91 Å². The van der Waals surface area contributed by atoms with Crippen LogP contribution in [-0.4, -0.2) is 87.5 Å². The van der Waals surface area contributed by atoms with E-state index in [1.807, 2.05) is 6.08 Å². The molecular weight excluding hydrogens is 1150 g/mol. The predicted molar refractivity (Wildman–Crippen MR) is 401 cm³/mol. The maximum absolute atomic E-state index is 13.2. The lowest BCUT2D eigenvalue weighted by atomic mass is 9.99. The minimum Gasteiger partial charge on any atom is -0.394 e. The summed E-state index contributed by atoms with van der Waals surface area (Å²) in [6, 6.07) is -0.821. The quantitative estimate of drug-likeness (QED) is 0.0261. The molecule has 0 aromatic carbocycles. The highest BCUT2D eigenvalue weighted by molar-refractivity contribution is 5.76. The minimum atomic E-state index is -1.57. The SMILES string of the molecule is CCCCCCCCCCCCCCCCCCCCCCCCCC/C=C/CC/C=C/C(O)C(COC1OC(CO)C(O)C(O)C1O)NC(=O)CCCCCCCCCCCCCCCCCCCCCCCCCCCCCCCCCCCCCCCCCC. The average molecular weight is 1320 g/mol. The fourth-order valence-electron chi connectivity index (χ4n) is 14.0. The lowest BCUT2D eigenvalue weighted by molar-refractivity contribution is -0.302. The van der Waals surface area contributed by atoms with E-state index in [4.69, 9.17) is 9.47 Å². The van der Waals surface area contributed by atoms with E-state index in [1.54, 1.807) is 6.08 Å². The van der Waals surface area contributed by atoms with Crippen LogP contribution in [0.4, 0.5) is 0 Å². The highest BCUT2D eigenvalue weighted by Crippen LogP contribution is 2.24. The van der Waals surface area contributed by atoms with Gasteiger partial charge in [0.15, 0.2) is 6.29 Å². The molecule has 1 fully saturated rings. The molecule has 0 aromatic rings. The van der Waals surface area contributed by atoms with Crippen molar-refractivity contribution in [2.45, 2.75) is 493 Å². The van der Waals surface area contributed by atoms with Crippen LogP contribution in [0.1, 0.15) is 450 Å². The molecule has 552 valence electrons. The predicted octanol–water partition coefficient (Wildman–Crippen LogP) is 24.3. The molecule has 0 bridgehead atoms. The Kier molecular flexibility index (Phi) is 70.8. The summed E-state index contributed by atoms with van der Waals surface area (Å²) >= 11 is 0. The molecule has 1 saturated heterocycles. The zero-order chi connectivity index (χ0) is 67.1. The molecular formula is C84H163NO8. The van der Waals surface area contributed by atoms with E-state index in [1.165, 1.54) is 392 Å². The molecule has 0 saturated carbocycles. The van der Waals surface area contributed by atoms with Crippen molar-refractivity contribution in [3.63, 3.8) is 0 Å². The number of aliphatic hydroxyl groups is 5. The van der Waals surface area contributed by atoms with Gasteiger partial charge in [-0.2, -0.15) is 0 Å². The number of amides is 1. The van der Waals surface area contributed by atoms with E-state index in [-0.39, 0.29) is 12.5 Å². The third-order valence-corrected chi connectivity index (χ3v) is 20.5. The summed E-state index contributed by atoms with van der Waals surface area (Å²) in [4.78, 5) is 13.2. The van der Waals surface area contributed by atoms with Gasteiger partial charge in [0.05, 0.1) is 25.4 Å². The number of aliphatic hydroxyl groups excluding tert-OH is 5. The number of ether oxygens (including phenoxy) is 2. The van der Waals surface area contributed by atoms with Crippen LogP contribution >= 0.6 is 0 Å². The summed E-state index contributed by atoms with van der Waals surface area (Å²) in [5, 5.41) is 54.9. The number of hydrogen-bond acceptors (Lipinski definition) is 8. The molecule has 9 heteroatoms. The Morgan fingerprint density at radius 1 is 0.355 bits per heavy atom. The van der Waals surface area contributed by atoms with Crippen molar-refractivity contribution in [3.05, 3.63) is 24.3 Å². The molecule has 0 radical (unpaired) electrons. The minimum absolute atomic E-state index is 0.176.